The van der Waals surface area contributed by atoms with Gasteiger partial charge in [0.1, 0.15) is 0 Å². The second kappa shape index (κ2) is 5.79. The third kappa shape index (κ3) is 2.20. The Morgan fingerprint density at radius 2 is 1.23 bits per heavy atom. The number of benzene rings is 2. The maximum Gasteiger partial charge on any atom is 0.524 e. The van der Waals surface area contributed by atoms with E-state index in [0.717, 1.165) is 30.7 Å². The van der Waals surface area contributed by atoms with Crippen LogP contribution < -0.4 is 8.80 Å². The summed E-state index contributed by atoms with van der Waals surface area (Å²) in [7, 11) is 0. The van der Waals surface area contributed by atoms with Crippen molar-refractivity contribution in [3.8, 4) is 32.6 Å². The number of aromatic hydroxyl groups is 2. The van der Waals surface area contributed by atoms with Gasteiger partial charge in [0.2, 0.25) is 0 Å². The standard InChI is InChI=1S/C20H12N2O2S2/c23-18-16(13-7-3-1-4-8-13)26-20-21(18)12-11-15-22(20)19(24)17(25-15)14-9-5-2-6-10-14/h1-12H/p+2. The first-order valence-electron chi connectivity index (χ1n) is 8.08. The number of hydrogen-bond donors (Lipinski definition) is 2. The van der Waals surface area contributed by atoms with Crippen molar-refractivity contribution in [2.75, 3.05) is 0 Å². The Morgan fingerprint density at radius 3 is 1.85 bits per heavy atom. The fourth-order valence-electron chi connectivity index (χ4n) is 3.06. The van der Waals surface area contributed by atoms with Gasteiger partial charge in [-0.25, -0.2) is 0 Å². The predicted octanol–water partition coefficient (Wildman–Crippen LogP) is 4.03. The first-order valence-corrected chi connectivity index (χ1v) is 9.72. The summed E-state index contributed by atoms with van der Waals surface area (Å²) in [4.78, 5) is 3.27. The first-order chi connectivity index (χ1) is 12.7. The Bertz CT molecular complexity index is 1250. The van der Waals surface area contributed by atoms with Gasteiger partial charge in [0, 0.05) is 22.5 Å². The van der Waals surface area contributed by atoms with Crippen molar-refractivity contribution in [3.05, 3.63) is 72.9 Å². The van der Waals surface area contributed by atoms with Gasteiger partial charge in [0.25, 0.3) is 4.83 Å². The van der Waals surface area contributed by atoms with E-state index in [-0.39, 0.29) is 11.8 Å². The molecule has 0 saturated carbocycles. The minimum absolute atomic E-state index is 0.178. The van der Waals surface area contributed by atoms with Crippen LogP contribution in [0.4, 0.5) is 0 Å². The summed E-state index contributed by atoms with van der Waals surface area (Å²) in [6.07, 6.45) is 1.84. The molecule has 0 fully saturated rings. The van der Waals surface area contributed by atoms with Crippen LogP contribution in [0.3, 0.4) is 0 Å². The molecule has 0 radical (unpaired) electrons. The third-order valence-electron chi connectivity index (χ3n) is 4.30. The lowest BCUT2D eigenvalue weighted by Crippen LogP contribution is -2.32. The molecule has 3 heterocycles. The molecule has 2 N–H and O–H groups in total. The summed E-state index contributed by atoms with van der Waals surface area (Å²) < 4.78 is 3.50. The van der Waals surface area contributed by atoms with Crippen molar-refractivity contribution in [1.29, 1.82) is 0 Å². The summed E-state index contributed by atoms with van der Waals surface area (Å²) in [6, 6.07) is 21.5. The van der Waals surface area contributed by atoms with E-state index < -0.39 is 0 Å². The van der Waals surface area contributed by atoms with Gasteiger partial charge in [-0.2, -0.15) is 0 Å². The molecule has 0 aliphatic carbocycles. The van der Waals surface area contributed by atoms with Crippen molar-refractivity contribution in [2.45, 2.75) is 0 Å². The SMILES string of the molecule is Oc1c(-c2ccccc2)sc2[n+]1ccc1sc(-c3ccccc3)c(O)[n+]12. The molecule has 0 spiro atoms. The van der Waals surface area contributed by atoms with Crippen LogP contribution in [0.25, 0.3) is 30.7 Å². The van der Waals surface area contributed by atoms with Gasteiger partial charge in [-0.3, -0.25) is 0 Å². The number of aromatic nitrogens is 2. The monoisotopic (exact) mass is 378 g/mol. The highest BCUT2D eigenvalue weighted by Gasteiger charge is 2.34. The van der Waals surface area contributed by atoms with Crippen LogP contribution in [0, 0.1) is 0 Å². The van der Waals surface area contributed by atoms with E-state index in [4.69, 9.17) is 0 Å². The van der Waals surface area contributed by atoms with Gasteiger partial charge < -0.3 is 10.2 Å². The van der Waals surface area contributed by atoms with Crippen molar-refractivity contribution < 1.29 is 19.0 Å². The van der Waals surface area contributed by atoms with E-state index in [1.54, 1.807) is 8.80 Å². The lowest BCUT2D eigenvalue weighted by molar-refractivity contribution is -0.620. The van der Waals surface area contributed by atoms with Crippen LogP contribution in [0.1, 0.15) is 0 Å². The Morgan fingerprint density at radius 1 is 0.654 bits per heavy atom. The van der Waals surface area contributed by atoms with Crippen LogP contribution >= 0.6 is 22.7 Å². The molecule has 126 valence electrons. The van der Waals surface area contributed by atoms with Gasteiger partial charge >= 0.3 is 16.7 Å². The van der Waals surface area contributed by atoms with Crippen LogP contribution in [-0.2, 0) is 0 Å². The highest BCUT2D eigenvalue weighted by Crippen LogP contribution is 2.37. The molecular weight excluding hydrogens is 364 g/mol. The van der Waals surface area contributed by atoms with Gasteiger partial charge in [0.15, 0.2) is 16.0 Å². The smallest absolute Gasteiger partial charge is 0.458 e. The zero-order valence-corrected chi connectivity index (χ0v) is 15.2. The zero-order chi connectivity index (χ0) is 17.7. The molecule has 0 amide bonds. The maximum absolute atomic E-state index is 10.9. The summed E-state index contributed by atoms with van der Waals surface area (Å²) in [6.45, 7) is 0. The Balaban J connectivity index is 1.82. The molecule has 0 aliphatic heterocycles. The molecule has 2 aromatic carbocycles. The summed E-state index contributed by atoms with van der Waals surface area (Å²) in [5.41, 5.74) is 1.92. The minimum atomic E-state index is 0.178. The van der Waals surface area contributed by atoms with E-state index >= 15 is 0 Å². The fraction of sp³-hybridized carbons (Fsp3) is 0. The average Bonchev–Trinajstić information content (AvgIpc) is 3.21. The zero-order valence-electron chi connectivity index (χ0n) is 13.5. The van der Waals surface area contributed by atoms with E-state index in [0.29, 0.717) is 0 Å². The number of hydrogen-bond acceptors (Lipinski definition) is 4. The number of rotatable bonds is 2. The molecular formula is C20H14N2O2S2+2. The van der Waals surface area contributed by atoms with Crippen LogP contribution in [-0.4, -0.2) is 10.2 Å². The third-order valence-corrected chi connectivity index (χ3v) is 6.64. The molecule has 5 aromatic rings. The van der Waals surface area contributed by atoms with E-state index in [1.807, 2.05) is 72.9 Å². The Hall–Kier alpha value is -2.96. The first kappa shape index (κ1) is 15.3. The Kier molecular flexibility index (Phi) is 3.41. The maximum atomic E-state index is 10.9. The molecule has 0 atom stereocenters. The van der Waals surface area contributed by atoms with Gasteiger partial charge in [-0.15, -0.1) is 0 Å². The van der Waals surface area contributed by atoms with E-state index in [2.05, 4.69) is 0 Å². The lowest BCUT2D eigenvalue weighted by atomic mass is 10.2. The second-order valence-corrected chi connectivity index (χ2v) is 7.89. The quantitative estimate of drug-likeness (QED) is 0.456. The highest BCUT2D eigenvalue weighted by molar-refractivity contribution is 7.21. The van der Waals surface area contributed by atoms with Crippen molar-refractivity contribution in [3.63, 3.8) is 0 Å². The van der Waals surface area contributed by atoms with Gasteiger partial charge in [0.05, 0.1) is 6.07 Å². The highest BCUT2D eigenvalue weighted by atomic mass is 32.1. The summed E-state index contributed by atoms with van der Waals surface area (Å²) in [5.74, 6) is 0.368. The summed E-state index contributed by atoms with van der Waals surface area (Å²) in [5, 5.41) is 21.6. The fourth-order valence-corrected chi connectivity index (χ4v) is 5.31. The average molecular weight is 378 g/mol. The molecule has 6 heteroatoms. The predicted molar refractivity (Wildman–Crippen MR) is 103 cm³/mol. The van der Waals surface area contributed by atoms with Crippen LogP contribution in [0.15, 0.2) is 72.9 Å². The van der Waals surface area contributed by atoms with Gasteiger partial charge in [-0.1, -0.05) is 76.4 Å². The normalized spacial score (nSPS) is 11.4. The van der Waals surface area contributed by atoms with Crippen molar-refractivity contribution >= 4 is 32.5 Å². The topological polar surface area (TPSA) is 48.7 Å². The number of thiazole rings is 2. The second-order valence-electron chi connectivity index (χ2n) is 5.88. The Labute approximate surface area is 157 Å². The number of nitrogens with zero attached hydrogens (tertiary/aromatic N) is 2. The van der Waals surface area contributed by atoms with Crippen molar-refractivity contribution in [1.82, 2.24) is 0 Å². The molecule has 0 unspecified atom stereocenters. The van der Waals surface area contributed by atoms with Crippen molar-refractivity contribution in [2.24, 2.45) is 0 Å². The molecule has 5 rings (SSSR count). The molecule has 0 aliphatic rings. The van der Waals surface area contributed by atoms with E-state index in [9.17, 15) is 10.2 Å². The molecule has 26 heavy (non-hydrogen) atoms. The van der Waals surface area contributed by atoms with Crippen LogP contribution in [0.5, 0.6) is 11.8 Å². The van der Waals surface area contributed by atoms with Gasteiger partial charge in [-0.05, 0) is 4.40 Å². The number of fused-ring (bicyclic) bond motifs is 3. The molecule has 4 nitrogen and oxygen atoms in total. The summed E-state index contributed by atoms with van der Waals surface area (Å²) >= 11 is 2.98. The molecule has 0 bridgehead atoms. The molecule has 3 aromatic heterocycles. The largest absolute Gasteiger partial charge is 0.524 e. The lowest BCUT2D eigenvalue weighted by Gasteiger charge is -1.92. The minimum Gasteiger partial charge on any atom is -0.458 e. The molecule has 0 saturated heterocycles. The van der Waals surface area contributed by atoms with E-state index in [1.165, 1.54) is 22.7 Å². The van der Waals surface area contributed by atoms with Crippen LogP contribution in [0.2, 0.25) is 0 Å².